The van der Waals surface area contributed by atoms with Gasteiger partial charge in [-0.1, -0.05) is 56.3 Å². The molecule has 0 aliphatic rings. The van der Waals surface area contributed by atoms with Crippen molar-refractivity contribution in [2.75, 3.05) is 34.5 Å². The van der Waals surface area contributed by atoms with E-state index in [2.05, 4.69) is 5.32 Å². The van der Waals surface area contributed by atoms with Crippen molar-refractivity contribution in [1.29, 1.82) is 0 Å². The fraction of sp³-hybridized carbons (Fsp3) is 0.355. The maximum atomic E-state index is 13.8. The summed E-state index contributed by atoms with van der Waals surface area (Å²) in [6.07, 6.45) is 0.355. The quantitative estimate of drug-likeness (QED) is 0.328. The molecular weight excluding hydrogens is 496 g/mol. The number of hydrogen-bond donors (Lipinski definition) is 1. The van der Waals surface area contributed by atoms with Crippen LogP contribution >= 0.6 is 0 Å². The standard InChI is InChI=1S/C31H38N2O6/c1-22(2)19-32-31(35)29(15-23-10-7-6-8-11-23)33(20-24-12-9-13-25(14-24)36-3)30(34)21-39-28-17-26(37-4)16-27(18-28)38-5/h6-14,16-18,22,29H,15,19-21H2,1-5H3,(H,32,35). The maximum Gasteiger partial charge on any atom is 0.261 e. The molecule has 3 aromatic rings. The van der Waals surface area contributed by atoms with E-state index in [1.54, 1.807) is 44.4 Å². The summed E-state index contributed by atoms with van der Waals surface area (Å²) in [6, 6.07) is 21.5. The van der Waals surface area contributed by atoms with Crippen molar-refractivity contribution in [3.8, 4) is 23.0 Å². The van der Waals surface area contributed by atoms with E-state index in [-0.39, 0.29) is 30.9 Å². The Morgan fingerprint density at radius 2 is 1.38 bits per heavy atom. The molecule has 0 radical (unpaired) electrons. The van der Waals surface area contributed by atoms with E-state index in [0.717, 1.165) is 11.1 Å². The highest BCUT2D eigenvalue weighted by molar-refractivity contribution is 5.88. The number of nitrogens with one attached hydrogen (secondary N) is 1. The van der Waals surface area contributed by atoms with Gasteiger partial charge in [0.2, 0.25) is 5.91 Å². The van der Waals surface area contributed by atoms with Gasteiger partial charge >= 0.3 is 0 Å². The second kappa shape index (κ2) is 14.7. The molecule has 0 aliphatic carbocycles. The second-order valence-corrected chi connectivity index (χ2v) is 9.55. The Morgan fingerprint density at radius 3 is 2.00 bits per heavy atom. The van der Waals surface area contributed by atoms with Crippen LogP contribution in [0.5, 0.6) is 23.0 Å². The lowest BCUT2D eigenvalue weighted by Crippen LogP contribution is -2.52. The van der Waals surface area contributed by atoms with Crippen molar-refractivity contribution in [2.45, 2.75) is 32.9 Å². The largest absolute Gasteiger partial charge is 0.497 e. The van der Waals surface area contributed by atoms with E-state index in [4.69, 9.17) is 18.9 Å². The first kappa shape index (κ1) is 29.4. The summed E-state index contributed by atoms with van der Waals surface area (Å²) in [5.41, 5.74) is 1.78. The number of hydrogen-bond acceptors (Lipinski definition) is 6. The fourth-order valence-corrected chi connectivity index (χ4v) is 4.04. The molecule has 3 aromatic carbocycles. The van der Waals surface area contributed by atoms with E-state index in [0.29, 0.717) is 36.0 Å². The van der Waals surface area contributed by atoms with Gasteiger partial charge in [-0.2, -0.15) is 0 Å². The Labute approximate surface area is 230 Å². The minimum atomic E-state index is -0.756. The summed E-state index contributed by atoms with van der Waals surface area (Å²) in [5.74, 6) is 1.89. The Kier molecular flexibility index (Phi) is 11.0. The number of amides is 2. The van der Waals surface area contributed by atoms with E-state index < -0.39 is 6.04 Å². The third-order valence-electron chi connectivity index (χ3n) is 6.13. The van der Waals surface area contributed by atoms with Crippen LogP contribution < -0.4 is 24.3 Å². The second-order valence-electron chi connectivity index (χ2n) is 9.55. The SMILES string of the molecule is COc1cccc(CN(C(=O)COc2cc(OC)cc(OC)c2)C(Cc2ccccc2)C(=O)NCC(C)C)c1. The Hall–Kier alpha value is -4.20. The van der Waals surface area contributed by atoms with Gasteiger partial charge in [-0.25, -0.2) is 0 Å². The van der Waals surface area contributed by atoms with Crippen LogP contribution in [0.4, 0.5) is 0 Å². The van der Waals surface area contributed by atoms with Gasteiger partial charge in [-0.3, -0.25) is 9.59 Å². The van der Waals surface area contributed by atoms with Crippen LogP contribution in [0.1, 0.15) is 25.0 Å². The van der Waals surface area contributed by atoms with Gasteiger partial charge < -0.3 is 29.2 Å². The number of rotatable bonds is 14. The third kappa shape index (κ3) is 8.95. The van der Waals surface area contributed by atoms with Gasteiger partial charge in [0.15, 0.2) is 6.61 Å². The normalized spacial score (nSPS) is 11.4. The molecule has 1 N–H and O–H groups in total. The highest BCUT2D eigenvalue weighted by Gasteiger charge is 2.31. The summed E-state index contributed by atoms with van der Waals surface area (Å²) in [5, 5.41) is 3.02. The first-order valence-corrected chi connectivity index (χ1v) is 12.9. The average molecular weight is 535 g/mol. The van der Waals surface area contributed by atoms with Gasteiger partial charge in [0.05, 0.1) is 21.3 Å². The minimum absolute atomic E-state index is 0.202. The van der Waals surface area contributed by atoms with Crippen LogP contribution in [0.25, 0.3) is 0 Å². The number of ether oxygens (including phenoxy) is 4. The smallest absolute Gasteiger partial charge is 0.261 e. The van der Waals surface area contributed by atoms with Crippen LogP contribution in [0.15, 0.2) is 72.8 Å². The lowest BCUT2D eigenvalue weighted by atomic mass is 10.0. The van der Waals surface area contributed by atoms with E-state index in [1.807, 2.05) is 68.4 Å². The lowest BCUT2D eigenvalue weighted by molar-refractivity contribution is -0.142. The van der Waals surface area contributed by atoms with E-state index in [1.165, 1.54) is 0 Å². The van der Waals surface area contributed by atoms with Crippen LogP contribution in [-0.4, -0.2) is 57.2 Å². The summed E-state index contributed by atoms with van der Waals surface area (Å²) in [6.45, 7) is 4.49. The molecule has 2 amide bonds. The van der Waals surface area contributed by atoms with Crippen molar-refractivity contribution in [2.24, 2.45) is 5.92 Å². The van der Waals surface area contributed by atoms with E-state index >= 15 is 0 Å². The number of nitrogens with zero attached hydrogens (tertiary/aromatic N) is 1. The Bertz CT molecular complexity index is 1190. The molecule has 8 heteroatoms. The fourth-order valence-electron chi connectivity index (χ4n) is 4.04. The topological polar surface area (TPSA) is 86.3 Å². The van der Waals surface area contributed by atoms with Gasteiger partial charge in [0.25, 0.3) is 5.91 Å². The van der Waals surface area contributed by atoms with Gasteiger partial charge in [0.1, 0.15) is 29.0 Å². The van der Waals surface area contributed by atoms with Gasteiger partial charge in [-0.15, -0.1) is 0 Å². The predicted octanol–water partition coefficient (Wildman–Crippen LogP) is 4.50. The van der Waals surface area contributed by atoms with Crippen molar-refractivity contribution in [3.63, 3.8) is 0 Å². The predicted molar refractivity (Wildman–Crippen MR) is 150 cm³/mol. The number of methoxy groups -OCH3 is 3. The third-order valence-corrected chi connectivity index (χ3v) is 6.13. The molecule has 0 heterocycles. The highest BCUT2D eigenvalue weighted by atomic mass is 16.5. The molecule has 1 atom stereocenters. The monoisotopic (exact) mass is 534 g/mol. The van der Waals surface area contributed by atoms with Crippen LogP contribution in [0.2, 0.25) is 0 Å². The molecule has 0 saturated carbocycles. The summed E-state index contributed by atoms with van der Waals surface area (Å²) < 4.78 is 21.9. The highest BCUT2D eigenvalue weighted by Crippen LogP contribution is 2.27. The molecule has 39 heavy (non-hydrogen) atoms. The number of benzene rings is 3. The number of carbonyl (C=O) groups is 2. The summed E-state index contributed by atoms with van der Waals surface area (Å²) >= 11 is 0. The van der Waals surface area contributed by atoms with Crippen molar-refractivity contribution < 1.29 is 28.5 Å². The molecule has 3 rings (SSSR count). The van der Waals surface area contributed by atoms with Gasteiger partial charge in [-0.05, 0) is 29.2 Å². The van der Waals surface area contributed by atoms with Gasteiger partial charge in [0, 0.05) is 37.7 Å². The summed E-state index contributed by atoms with van der Waals surface area (Å²) in [4.78, 5) is 28.9. The summed E-state index contributed by atoms with van der Waals surface area (Å²) in [7, 11) is 4.68. The Morgan fingerprint density at radius 1 is 0.769 bits per heavy atom. The van der Waals surface area contributed by atoms with E-state index in [9.17, 15) is 9.59 Å². The van der Waals surface area contributed by atoms with Crippen molar-refractivity contribution in [1.82, 2.24) is 10.2 Å². The van der Waals surface area contributed by atoms with Crippen molar-refractivity contribution >= 4 is 11.8 Å². The zero-order valence-corrected chi connectivity index (χ0v) is 23.3. The zero-order valence-electron chi connectivity index (χ0n) is 23.3. The van der Waals surface area contributed by atoms with Crippen LogP contribution in [0, 0.1) is 5.92 Å². The van der Waals surface area contributed by atoms with Crippen LogP contribution in [0.3, 0.4) is 0 Å². The van der Waals surface area contributed by atoms with Crippen molar-refractivity contribution in [3.05, 3.63) is 83.9 Å². The van der Waals surface area contributed by atoms with Crippen LogP contribution in [-0.2, 0) is 22.6 Å². The maximum absolute atomic E-state index is 13.8. The first-order chi connectivity index (χ1) is 18.8. The molecule has 8 nitrogen and oxygen atoms in total. The molecule has 0 fully saturated rings. The molecule has 0 aromatic heterocycles. The number of carbonyl (C=O) groups excluding carboxylic acids is 2. The first-order valence-electron chi connectivity index (χ1n) is 12.9. The molecule has 1 unspecified atom stereocenters. The molecular formula is C31H38N2O6. The minimum Gasteiger partial charge on any atom is -0.497 e. The zero-order chi connectivity index (χ0) is 28.2. The molecule has 0 aliphatic heterocycles. The molecule has 0 bridgehead atoms. The lowest BCUT2D eigenvalue weighted by Gasteiger charge is -2.31. The Balaban J connectivity index is 1.93. The molecule has 208 valence electrons. The molecule has 0 spiro atoms. The molecule has 0 saturated heterocycles. The average Bonchev–Trinajstić information content (AvgIpc) is 2.96.